The van der Waals surface area contributed by atoms with Gasteiger partial charge in [0.1, 0.15) is 5.01 Å². The Labute approximate surface area is 60.2 Å². The third kappa shape index (κ3) is 1.42. The standard InChI is InChI=1S/C5H4BrNS/c6-2-1-5-7-3-4-8-5/h1-4H/b2-1+. The zero-order valence-electron chi connectivity index (χ0n) is 4.04. The minimum absolute atomic E-state index is 1.03. The van der Waals surface area contributed by atoms with Crippen molar-refractivity contribution in [2.75, 3.05) is 0 Å². The van der Waals surface area contributed by atoms with Crippen molar-refractivity contribution >= 4 is 33.3 Å². The first-order valence-electron chi connectivity index (χ1n) is 2.10. The lowest BCUT2D eigenvalue weighted by molar-refractivity contribution is 1.40. The highest BCUT2D eigenvalue weighted by Gasteiger charge is 1.82. The van der Waals surface area contributed by atoms with Gasteiger partial charge in [-0.15, -0.1) is 11.3 Å². The second-order valence-electron chi connectivity index (χ2n) is 1.16. The number of thiazole rings is 1. The van der Waals surface area contributed by atoms with Crippen molar-refractivity contribution in [3.8, 4) is 0 Å². The summed E-state index contributed by atoms with van der Waals surface area (Å²) in [4.78, 5) is 5.81. The van der Waals surface area contributed by atoms with Crippen LogP contribution in [0.1, 0.15) is 5.01 Å². The maximum atomic E-state index is 4.01. The summed E-state index contributed by atoms with van der Waals surface area (Å²) in [5, 5.41) is 2.98. The minimum Gasteiger partial charge on any atom is -0.245 e. The van der Waals surface area contributed by atoms with Gasteiger partial charge in [0, 0.05) is 11.6 Å². The van der Waals surface area contributed by atoms with Crippen LogP contribution in [0.15, 0.2) is 16.6 Å². The van der Waals surface area contributed by atoms with Crippen LogP contribution in [0.4, 0.5) is 0 Å². The van der Waals surface area contributed by atoms with Gasteiger partial charge in [-0.1, -0.05) is 15.9 Å². The van der Waals surface area contributed by atoms with E-state index in [1.54, 1.807) is 22.5 Å². The van der Waals surface area contributed by atoms with E-state index in [1.165, 1.54) is 0 Å². The van der Waals surface area contributed by atoms with Crippen molar-refractivity contribution < 1.29 is 0 Å². The number of rotatable bonds is 1. The molecule has 8 heavy (non-hydrogen) atoms. The third-order valence-corrected chi connectivity index (χ3v) is 1.66. The Morgan fingerprint density at radius 3 is 3.12 bits per heavy atom. The van der Waals surface area contributed by atoms with Crippen molar-refractivity contribution in [2.24, 2.45) is 0 Å². The monoisotopic (exact) mass is 189 g/mol. The molecule has 0 unspecified atom stereocenters. The van der Waals surface area contributed by atoms with Gasteiger partial charge in [0.2, 0.25) is 0 Å². The van der Waals surface area contributed by atoms with Crippen LogP contribution in [0.25, 0.3) is 6.08 Å². The summed E-state index contributed by atoms with van der Waals surface area (Å²) in [5.74, 6) is 0. The van der Waals surface area contributed by atoms with Gasteiger partial charge in [-0.05, 0) is 11.1 Å². The Morgan fingerprint density at radius 2 is 2.62 bits per heavy atom. The largest absolute Gasteiger partial charge is 0.245 e. The number of hydrogen-bond acceptors (Lipinski definition) is 2. The Morgan fingerprint density at radius 1 is 1.75 bits per heavy atom. The number of nitrogens with zero attached hydrogens (tertiary/aromatic N) is 1. The zero-order chi connectivity index (χ0) is 5.82. The van der Waals surface area contributed by atoms with Crippen molar-refractivity contribution in [3.63, 3.8) is 0 Å². The van der Waals surface area contributed by atoms with Crippen LogP contribution in [0.2, 0.25) is 0 Å². The van der Waals surface area contributed by atoms with Gasteiger partial charge < -0.3 is 0 Å². The molecule has 0 saturated carbocycles. The second-order valence-corrected chi connectivity index (χ2v) is 2.62. The third-order valence-electron chi connectivity index (χ3n) is 0.657. The van der Waals surface area contributed by atoms with Crippen LogP contribution >= 0.6 is 27.3 Å². The van der Waals surface area contributed by atoms with Gasteiger partial charge in [-0.3, -0.25) is 0 Å². The second kappa shape index (κ2) is 2.99. The van der Waals surface area contributed by atoms with Crippen molar-refractivity contribution in [1.29, 1.82) is 0 Å². The molecule has 0 bridgehead atoms. The molecule has 1 heterocycles. The van der Waals surface area contributed by atoms with Gasteiger partial charge in [-0.25, -0.2) is 4.98 Å². The van der Waals surface area contributed by atoms with E-state index < -0.39 is 0 Å². The Kier molecular flexibility index (Phi) is 2.24. The number of aromatic nitrogens is 1. The van der Waals surface area contributed by atoms with Gasteiger partial charge in [0.05, 0.1) is 0 Å². The molecule has 0 amide bonds. The molecule has 0 fully saturated rings. The molecule has 3 heteroatoms. The lowest BCUT2D eigenvalue weighted by atomic mass is 10.7. The summed E-state index contributed by atoms with van der Waals surface area (Å²) >= 11 is 4.78. The van der Waals surface area contributed by atoms with Gasteiger partial charge in [0.25, 0.3) is 0 Å². The van der Waals surface area contributed by atoms with E-state index in [1.807, 2.05) is 11.5 Å². The number of hydrogen-bond donors (Lipinski definition) is 0. The van der Waals surface area contributed by atoms with E-state index in [9.17, 15) is 0 Å². The van der Waals surface area contributed by atoms with Gasteiger partial charge in [0.15, 0.2) is 0 Å². The SMILES string of the molecule is Br/C=C/c1nccs1. The van der Waals surface area contributed by atoms with Crippen LogP contribution < -0.4 is 0 Å². The summed E-state index contributed by atoms with van der Waals surface area (Å²) in [6.45, 7) is 0. The smallest absolute Gasteiger partial charge is 0.116 e. The molecule has 0 N–H and O–H groups in total. The Bertz CT molecular complexity index is 169. The van der Waals surface area contributed by atoms with E-state index >= 15 is 0 Å². The van der Waals surface area contributed by atoms with E-state index in [-0.39, 0.29) is 0 Å². The molecule has 0 aromatic carbocycles. The van der Waals surface area contributed by atoms with Crippen LogP contribution in [-0.4, -0.2) is 4.98 Å². The lowest BCUT2D eigenvalue weighted by Gasteiger charge is -1.72. The molecule has 42 valence electrons. The predicted molar refractivity (Wildman–Crippen MR) is 40.1 cm³/mol. The fraction of sp³-hybridized carbons (Fsp3) is 0. The quantitative estimate of drug-likeness (QED) is 0.662. The minimum atomic E-state index is 1.03. The predicted octanol–water partition coefficient (Wildman–Crippen LogP) is 2.51. The van der Waals surface area contributed by atoms with Crippen LogP contribution in [0.3, 0.4) is 0 Å². The van der Waals surface area contributed by atoms with Crippen molar-refractivity contribution in [1.82, 2.24) is 4.98 Å². The van der Waals surface area contributed by atoms with E-state index in [4.69, 9.17) is 0 Å². The van der Waals surface area contributed by atoms with Crippen LogP contribution in [0, 0.1) is 0 Å². The maximum Gasteiger partial charge on any atom is 0.116 e. The number of halogens is 1. The molecular weight excluding hydrogens is 186 g/mol. The Balaban J connectivity index is 2.77. The molecule has 1 aromatic heterocycles. The molecular formula is C5H4BrNS. The van der Waals surface area contributed by atoms with Gasteiger partial charge >= 0.3 is 0 Å². The molecule has 0 spiro atoms. The van der Waals surface area contributed by atoms with E-state index in [0.717, 1.165) is 5.01 Å². The first-order chi connectivity index (χ1) is 3.93. The van der Waals surface area contributed by atoms with Gasteiger partial charge in [-0.2, -0.15) is 0 Å². The fourth-order valence-corrected chi connectivity index (χ4v) is 1.33. The van der Waals surface area contributed by atoms with E-state index in [2.05, 4.69) is 20.9 Å². The summed E-state index contributed by atoms with van der Waals surface area (Å²) in [7, 11) is 0. The first kappa shape index (κ1) is 5.98. The molecule has 0 atom stereocenters. The highest BCUT2D eigenvalue weighted by molar-refractivity contribution is 9.11. The average Bonchev–Trinajstić information content (AvgIpc) is 2.19. The summed E-state index contributed by atoms with van der Waals surface area (Å²) in [6, 6.07) is 0. The van der Waals surface area contributed by atoms with E-state index in [0.29, 0.717) is 0 Å². The normalized spacial score (nSPS) is 10.6. The molecule has 1 aromatic rings. The lowest BCUT2D eigenvalue weighted by Crippen LogP contribution is -1.59. The molecule has 0 aliphatic heterocycles. The highest BCUT2D eigenvalue weighted by atomic mass is 79.9. The molecule has 1 nitrogen and oxygen atoms in total. The van der Waals surface area contributed by atoms with Crippen LogP contribution in [0.5, 0.6) is 0 Å². The van der Waals surface area contributed by atoms with Crippen LogP contribution in [-0.2, 0) is 0 Å². The van der Waals surface area contributed by atoms with Crippen molar-refractivity contribution in [3.05, 3.63) is 21.6 Å². The maximum absolute atomic E-state index is 4.01. The first-order valence-corrected chi connectivity index (χ1v) is 3.89. The summed E-state index contributed by atoms with van der Waals surface area (Å²) in [5.41, 5.74) is 0. The average molecular weight is 190 g/mol. The van der Waals surface area contributed by atoms with Crippen molar-refractivity contribution in [2.45, 2.75) is 0 Å². The molecule has 0 aliphatic carbocycles. The molecule has 0 saturated heterocycles. The molecule has 0 radical (unpaired) electrons. The molecule has 1 rings (SSSR count). The zero-order valence-corrected chi connectivity index (χ0v) is 6.45. The Hall–Kier alpha value is -0.150. The highest BCUT2D eigenvalue weighted by Crippen LogP contribution is 2.06. The summed E-state index contributed by atoms with van der Waals surface area (Å²) in [6.07, 6.45) is 3.69. The topological polar surface area (TPSA) is 12.9 Å². The molecule has 0 aliphatic rings. The summed E-state index contributed by atoms with van der Waals surface area (Å²) < 4.78 is 0. The fourth-order valence-electron chi connectivity index (χ4n) is 0.371.